The predicted octanol–water partition coefficient (Wildman–Crippen LogP) is 2.44. The first-order valence-electron chi connectivity index (χ1n) is 10.4. The van der Waals surface area contributed by atoms with Crippen molar-refractivity contribution in [3.05, 3.63) is 64.4 Å². The Morgan fingerprint density at radius 1 is 1.03 bits per heavy atom. The van der Waals surface area contributed by atoms with Crippen molar-refractivity contribution in [2.24, 2.45) is 0 Å². The quantitative estimate of drug-likeness (QED) is 0.449. The molecule has 1 fully saturated rings. The summed E-state index contributed by atoms with van der Waals surface area (Å²) in [4.78, 5) is 0. The zero-order chi connectivity index (χ0) is 23.0. The zero-order valence-electron chi connectivity index (χ0n) is 17.4. The van der Waals surface area contributed by atoms with Crippen LogP contribution in [0.5, 0.6) is 0 Å². The first-order chi connectivity index (χ1) is 15.4. The van der Waals surface area contributed by atoms with E-state index in [4.69, 9.17) is 17.0 Å². The van der Waals surface area contributed by atoms with Crippen LogP contribution in [0.1, 0.15) is 24.4 Å². The highest BCUT2D eigenvalue weighted by molar-refractivity contribution is 7.71. The maximum Gasteiger partial charge on any atom is 0.164 e. The van der Waals surface area contributed by atoms with Gasteiger partial charge < -0.3 is 29.7 Å². The van der Waals surface area contributed by atoms with Crippen molar-refractivity contribution in [1.82, 2.24) is 4.57 Å². The number of rotatable bonds is 4. The van der Waals surface area contributed by atoms with Gasteiger partial charge in [0.1, 0.15) is 35.1 Å². The minimum absolute atomic E-state index is 0.152. The van der Waals surface area contributed by atoms with Crippen LogP contribution >= 0.6 is 12.2 Å². The summed E-state index contributed by atoms with van der Waals surface area (Å²) in [7, 11) is 0. The van der Waals surface area contributed by atoms with Crippen LogP contribution < -0.4 is 0 Å². The molecular weight excluding hydrogens is 428 g/mol. The Morgan fingerprint density at radius 3 is 2.44 bits per heavy atom. The molecule has 166 valence electrons. The lowest BCUT2D eigenvalue weighted by Crippen LogP contribution is -2.56. The monoisotopic (exact) mass is 452 g/mol. The molecule has 0 saturated carbocycles. The Kier molecular flexibility index (Phi) is 6.40. The second-order valence-electron chi connectivity index (χ2n) is 7.81. The maximum absolute atomic E-state index is 10.6. The smallest absolute Gasteiger partial charge is 0.164 e. The normalized spacial score (nSPS) is 25.6. The highest BCUT2D eigenvalue weighted by Crippen LogP contribution is 2.36. The molecule has 1 aliphatic heterocycles. The minimum Gasteiger partial charge on any atom is -0.394 e. The van der Waals surface area contributed by atoms with Crippen molar-refractivity contribution in [3.8, 4) is 17.2 Å². The van der Waals surface area contributed by atoms with Crippen molar-refractivity contribution < 1.29 is 25.2 Å². The number of benzene rings is 2. The fourth-order valence-corrected chi connectivity index (χ4v) is 4.68. The van der Waals surface area contributed by atoms with Crippen molar-refractivity contribution in [2.75, 3.05) is 6.61 Å². The minimum atomic E-state index is -1.54. The average Bonchev–Trinajstić information content (AvgIpc) is 2.82. The first-order valence-corrected chi connectivity index (χ1v) is 10.8. The molecular formula is C24H24N2O5S. The Balaban J connectivity index is 1.94. The number of hydrogen-bond acceptors (Lipinski definition) is 7. The van der Waals surface area contributed by atoms with E-state index in [9.17, 15) is 25.7 Å². The van der Waals surface area contributed by atoms with Gasteiger partial charge in [0.25, 0.3) is 0 Å². The van der Waals surface area contributed by atoms with Crippen molar-refractivity contribution in [3.63, 3.8) is 0 Å². The van der Waals surface area contributed by atoms with Crippen LogP contribution in [-0.4, -0.2) is 56.0 Å². The fraction of sp³-hybridized carbons (Fsp3) is 0.333. The van der Waals surface area contributed by atoms with Gasteiger partial charge in [-0.05, 0) is 28.8 Å². The van der Waals surface area contributed by atoms with E-state index < -0.39 is 37.3 Å². The summed E-state index contributed by atoms with van der Waals surface area (Å²) >= 11 is 5.67. The summed E-state index contributed by atoms with van der Waals surface area (Å²) in [5.41, 5.74) is 2.46. The molecule has 8 heteroatoms. The third-order valence-corrected chi connectivity index (χ3v) is 6.40. The number of ether oxygens (including phenoxy) is 1. The van der Waals surface area contributed by atoms with Crippen molar-refractivity contribution >= 4 is 23.0 Å². The van der Waals surface area contributed by atoms with E-state index in [1.165, 1.54) is 4.57 Å². The Hall–Kier alpha value is -2.64. The van der Waals surface area contributed by atoms with Gasteiger partial charge in [-0.25, -0.2) is 0 Å². The Bertz CT molecular complexity index is 1240. The SMILES string of the molecule is CCc1cc(-c2cccc3ccccc23)c(C#N)c(=S)n1[C@@H]1O[C@H](CO)[C@H](O)[C@H](O)[C@H]1O. The molecule has 0 aliphatic carbocycles. The largest absolute Gasteiger partial charge is 0.394 e. The molecule has 0 unspecified atom stereocenters. The van der Waals surface area contributed by atoms with Crippen LogP contribution in [0, 0.1) is 16.0 Å². The molecule has 1 aliphatic rings. The molecule has 32 heavy (non-hydrogen) atoms. The number of hydrogen-bond donors (Lipinski definition) is 4. The van der Waals surface area contributed by atoms with E-state index >= 15 is 0 Å². The van der Waals surface area contributed by atoms with E-state index in [1.807, 2.05) is 55.5 Å². The lowest BCUT2D eigenvalue weighted by atomic mass is 9.94. The molecule has 1 saturated heterocycles. The topological polar surface area (TPSA) is 119 Å². The molecule has 7 nitrogen and oxygen atoms in total. The lowest BCUT2D eigenvalue weighted by molar-refractivity contribution is -0.252. The summed E-state index contributed by atoms with van der Waals surface area (Å²) < 4.78 is 7.39. The molecule has 0 bridgehead atoms. The highest BCUT2D eigenvalue weighted by Gasteiger charge is 2.44. The molecule has 5 atom stereocenters. The molecule has 4 rings (SSSR count). The number of nitrogens with zero attached hydrogens (tertiary/aromatic N) is 2. The highest BCUT2D eigenvalue weighted by atomic mass is 32.1. The Morgan fingerprint density at radius 2 is 1.75 bits per heavy atom. The average molecular weight is 453 g/mol. The van der Waals surface area contributed by atoms with Gasteiger partial charge in [-0.1, -0.05) is 61.6 Å². The molecule has 0 radical (unpaired) electrons. The van der Waals surface area contributed by atoms with Crippen molar-refractivity contribution in [2.45, 2.75) is 44.0 Å². The van der Waals surface area contributed by atoms with Gasteiger partial charge in [0.2, 0.25) is 0 Å². The number of nitriles is 1. The van der Waals surface area contributed by atoms with Crippen LogP contribution in [0.15, 0.2) is 48.5 Å². The van der Waals surface area contributed by atoms with Crippen molar-refractivity contribution in [1.29, 1.82) is 5.26 Å². The molecule has 2 aromatic carbocycles. The van der Waals surface area contributed by atoms with Gasteiger partial charge in [-0.3, -0.25) is 0 Å². The fourth-order valence-electron chi connectivity index (χ4n) is 4.30. The van der Waals surface area contributed by atoms with Gasteiger partial charge in [0, 0.05) is 11.3 Å². The molecule has 3 aromatic rings. The van der Waals surface area contributed by atoms with Crippen LogP contribution in [-0.2, 0) is 11.2 Å². The lowest BCUT2D eigenvalue weighted by Gasteiger charge is -2.41. The second kappa shape index (κ2) is 9.08. The van der Waals surface area contributed by atoms with Gasteiger partial charge in [-0.2, -0.15) is 5.26 Å². The van der Waals surface area contributed by atoms with Gasteiger partial charge in [0.15, 0.2) is 6.23 Å². The van der Waals surface area contributed by atoms with E-state index in [2.05, 4.69) is 6.07 Å². The molecule has 0 amide bonds. The predicted molar refractivity (Wildman–Crippen MR) is 121 cm³/mol. The van der Waals surface area contributed by atoms with Crippen LogP contribution in [0.2, 0.25) is 0 Å². The summed E-state index contributed by atoms with van der Waals surface area (Å²) in [6.07, 6.45) is -6.26. The molecule has 1 aromatic heterocycles. The standard InChI is InChI=1S/C24H24N2O5S/c1-2-14-10-17(16-9-5-7-13-6-3-4-8-15(13)16)18(11-25)24(32)26(14)23-22(30)21(29)20(28)19(12-27)31-23/h3-10,19-23,27-30H,2,12H2,1H3/t19-,20+,21+,22-,23-/m1/s1. The summed E-state index contributed by atoms with van der Waals surface area (Å²) in [6.45, 7) is 1.36. The van der Waals surface area contributed by atoms with Gasteiger partial charge in [0.05, 0.1) is 12.2 Å². The molecule has 4 N–H and O–H groups in total. The van der Waals surface area contributed by atoms with Gasteiger partial charge in [-0.15, -0.1) is 0 Å². The summed E-state index contributed by atoms with van der Waals surface area (Å²) in [5.74, 6) is 0. The number of aliphatic hydroxyl groups is 4. The van der Waals surface area contributed by atoms with E-state index in [0.29, 0.717) is 17.7 Å². The van der Waals surface area contributed by atoms with Crippen LogP contribution in [0.4, 0.5) is 0 Å². The summed E-state index contributed by atoms with van der Waals surface area (Å²) in [6, 6.07) is 17.8. The van der Waals surface area contributed by atoms with Crippen LogP contribution in [0.25, 0.3) is 21.9 Å². The molecule has 2 heterocycles. The third kappa shape index (κ3) is 3.63. The first kappa shape index (κ1) is 22.6. The summed E-state index contributed by atoms with van der Waals surface area (Å²) in [5, 5.41) is 52.6. The number of aryl methyl sites for hydroxylation is 1. The molecule has 0 spiro atoms. The second-order valence-corrected chi connectivity index (χ2v) is 8.20. The number of aromatic nitrogens is 1. The number of fused-ring (bicyclic) bond motifs is 1. The van der Waals surface area contributed by atoms with E-state index in [0.717, 1.165) is 16.3 Å². The van der Waals surface area contributed by atoms with Crippen LogP contribution in [0.3, 0.4) is 0 Å². The van der Waals surface area contributed by atoms with E-state index in [-0.39, 0.29) is 10.2 Å². The van der Waals surface area contributed by atoms with Gasteiger partial charge >= 0.3 is 0 Å². The number of aliphatic hydroxyl groups excluding tert-OH is 4. The maximum atomic E-state index is 10.6. The number of pyridine rings is 1. The third-order valence-electron chi connectivity index (χ3n) is 6.00. The zero-order valence-corrected chi connectivity index (χ0v) is 18.2. The van der Waals surface area contributed by atoms with E-state index in [1.54, 1.807) is 0 Å². The Labute approximate surface area is 190 Å².